The second kappa shape index (κ2) is 10.3. The summed E-state index contributed by atoms with van der Waals surface area (Å²) in [7, 11) is 0. The van der Waals surface area contributed by atoms with E-state index in [2.05, 4.69) is 37.0 Å². The molecule has 194 valence electrons. The summed E-state index contributed by atoms with van der Waals surface area (Å²) >= 11 is 0. The SMILES string of the molecule is CCN1CCN(c2ccc(Nc3ncnc(Oc4cc(F)c5[nH]c(C)cc5c4F)c3C(F)F)cc2)CC1. The summed E-state index contributed by atoms with van der Waals surface area (Å²) in [6.07, 6.45) is -2.02. The summed E-state index contributed by atoms with van der Waals surface area (Å²) in [4.78, 5) is 15.1. The number of aromatic nitrogens is 3. The van der Waals surface area contributed by atoms with Crippen molar-refractivity contribution in [1.82, 2.24) is 19.9 Å². The van der Waals surface area contributed by atoms with Crippen molar-refractivity contribution in [3.63, 3.8) is 0 Å². The van der Waals surface area contributed by atoms with E-state index in [0.717, 1.165) is 50.8 Å². The molecule has 7 nitrogen and oxygen atoms in total. The molecule has 37 heavy (non-hydrogen) atoms. The van der Waals surface area contributed by atoms with Gasteiger partial charge < -0.3 is 24.8 Å². The smallest absolute Gasteiger partial charge is 0.272 e. The number of fused-ring (bicyclic) bond motifs is 1. The standard InChI is InChI=1S/C26H26F4N6O/c1-3-35-8-10-36(11-9-35)17-6-4-16(5-7-17)34-25-21(24(29)30)26(32-14-31-25)37-20-13-19(27)23-18(22(20)28)12-15(2)33-23/h4-7,12-14,24,33H,3,8-11H2,1-2H3,(H,31,32,34). The highest BCUT2D eigenvalue weighted by molar-refractivity contribution is 5.83. The van der Waals surface area contributed by atoms with Gasteiger partial charge >= 0.3 is 0 Å². The number of halogens is 4. The molecule has 0 amide bonds. The van der Waals surface area contributed by atoms with Gasteiger partial charge in [0.05, 0.1) is 5.52 Å². The fourth-order valence-corrected chi connectivity index (χ4v) is 4.48. The summed E-state index contributed by atoms with van der Waals surface area (Å²) in [5.41, 5.74) is 1.42. The molecular weight excluding hydrogens is 488 g/mol. The second-order valence-corrected chi connectivity index (χ2v) is 8.85. The van der Waals surface area contributed by atoms with E-state index in [1.165, 1.54) is 6.07 Å². The number of benzene rings is 2. The van der Waals surface area contributed by atoms with Crippen LogP contribution in [0.15, 0.2) is 42.7 Å². The molecule has 0 radical (unpaired) electrons. The maximum atomic E-state index is 15.0. The van der Waals surface area contributed by atoms with E-state index in [1.54, 1.807) is 19.1 Å². The lowest BCUT2D eigenvalue weighted by molar-refractivity contribution is 0.147. The first kappa shape index (κ1) is 24.8. The van der Waals surface area contributed by atoms with Crippen LogP contribution >= 0.6 is 0 Å². The van der Waals surface area contributed by atoms with Crippen molar-refractivity contribution in [1.29, 1.82) is 0 Å². The number of H-pyrrole nitrogens is 1. The van der Waals surface area contributed by atoms with Gasteiger partial charge in [0.15, 0.2) is 17.4 Å². The molecule has 0 atom stereocenters. The Morgan fingerprint density at radius 1 is 1.05 bits per heavy atom. The highest BCUT2D eigenvalue weighted by Crippen LogP contribution is 2.38. The Morgan fingerprint density at radius 2 is 1.78 bits per heavy atom. The predicted octanol–water partition coefficient (Wildman–Crippen LogP) is 6.16. The number of ether oxygens (including phenoxy) is 1. The lowest BCUT2D eigenvalue weighted by Gasteiger charge is -2.35. The lowest BCUT2D eigenvalue weighted by Crippen LogP contribution is -2.46. The van der Waals surface area contributed by atoms with Crippen molar-refractivity contribution < 1.29 is 22.3 Å². The third-order valence-corrected chi connectivity index (χ3v) is 6.49. The average molecular weight is 515 g/mol. The van der Waals surface area contributed by atoms with Crippen LogP contribution in [0.25, 0.3) is 10.9 Å². The van der Waals surface area contributed by atoms with E-state index in [9.17, 15) is 17.6 Å². The van der Waals surface area contributed by atoms with Crippen LogP contribution in [0.1, 0.15) is 24.6 Å². The molecule has 2 N–H and O–H groups in total. The van der Waals surface area contributed by atoms with E-state index in [-0.39, 0.29) is 16.7 Å². The zero-order chi connectivity index (χ0) is 26.1. The van der Waals surface area contributed by atoms with Crippen LogP contribution in [0.2, 0.25) is 0 Å². The van der Waals surface area contributed by atoms with Gasteiger partial charge in [-0.2, -0.15) is 0 Å². The molecule has 0 spiro atoms. The molecule has 1 aliphatic rings. The van der Waals surface area contributed by atoms with Gasteiger partial charge in [-0.25, -0.2) is 27.5 Å². The van der Waals surface area contributed by atoms with Gasteiger partial charge in [0.1, 0.15) is 17.7 Å². The fourth-order valence-electron chi connectivity index (χ4n) is 4.48. The van der Waals surface area contributed by atoms with Crippen LogP contribution in [-0.2, 0) is 0 Å². The third-order valence-electron chi connectivity index (χ3n) is 6.49. The Bertz CT molecular complexity index is 1400. The van der Waals surface area contributed by atoms with Crippen LogP contribution in [0.3, 0.4) is 0 Å². The van der Waals surface area contributed by atoms with Crippen molar-refractivity contribution in [3.05, 3.63) is 65.6 Å². The van der Waals surface area contributed by atoms with E-state index >= 15 is 0 Å². The third kappa shape index (κ3) is 5.04. The van der Waals surface area contributed by atoms with Crippen LogP contribution in [0.5, 0.6) is 11.6 Å². The number of aryl methyl sites for hydroxylation is 1. The fraction of sp³-hybridized carbons (Fsp3) is 0.308. The Morgan fingerprint density at radius 3 is 2.46 bits per heavy atom. The first-order chi connectivity index (χ1) is 17.8. The summed E-state index contributed by atoms with van der Waals surface area (Å²) in [5.74, 6) is -2.97. The zero-order valence-corrected chi connectivity index (χ0v) is 20.4. The minimum absolute atomic E-state index is 0.0304. The summed E-state index contributed by atoms with van der Waals surface area (Å²) in [5, 5.41) is 2.83. The molecule has 0 aliphatic carbocycles. The van der Waals surface area contributed by atoms with Crippen molar-refractivity contribution in [2.24, 2.45) is 0 Å². The zero-order valence-electron chi connectivity index (χ0n) is 20.4. The van der Waals surface area contributed by atoms with Gasteiger partial charge in [-0.15, -0.1) is 0 Å². The molecular formula is C26H26F4N6O. The van der Waals surface area contributed by atoms with Gasteiger partial charge in [-0.05, 0) is 43.8 Å². The van der Waals surface area contributed by atoms with Gasteiger partial charge in [-0.3, -0.25) is 0 Å². The molecule has 11 heteroatoms. The van der Waals surface area contributed by atoms with Crippen LogP contribution in [-0.4, -0.2) is 52.6 Å². The van der Waals surface area contributed by atoms with Crippen molar-refractivity contribution in [2.75, 3.05) is 42.9 Å². The molecule has 0 saturated carbocycles. The molecule has 1 aliphatic heterocycles. The maximum absolute atomic E-state index is 15.0. The minimum Gasteiger partial charge on any atom is -0.435 e. The number of hydrogen-bond donors (Lipinski definition) is 2. The van der Waals surface area contributed by atoms with Crippen molar-refractivity contribution in [3.8, 4) is 11.6 Å². The molecule has 1 saturated heterocycles. The van der Waals surface area contributed by atoms with Gasteiger partial charge in [0, 0.05) is 54.7 Å². The Balaban J connectivity index is 1.39. The van der Waals surface area contributed by atoms with Crippen LogP contribution < -0.4 is 15.0 Å². The molecule has 2 aromatic heterocycles. The number of likely N-dealkylation sites (N-methyl/N-ethyl adjacent to an activating group) is 1. The number of nitrogens with one attached hydrogen (secondary N) is 2. The minimum atomic E-state index is -3.04. The summed E-state index contributed by atoms with van der Waals surface area (Å²) < 4.78 is 63.1. The first-order valence-corrected chi connectivity index (χ1v) is 12.0. The topological polar surface area (TPSA) is 69.3 Å². The normalized spacial score (nSPS) is 14.5. The Kier molecular flexibility index (Phi) is 6.88. The quantitative estimate of drug-likeness (QED) is 0.288. The highest BCUT2D eigenvalue weighted by atomic mass is 19.3. The largest absolute Gasteiger partial charge is 0.435 e. The Labute approximate surface area is 211 Å². The monoisotopic (exact) mass is 514 g/mol. The average Bonchev–Trinajstić information content (AvgIpc) is 3.30. The van der Waals surface area contributed by atoms with E-state index in [4.69, 9.17) is 4.74 Å². The maximum Gasteiger partial charge on any atom is 0.272 e. The van der Waals surface area contributed by atoms with E-state index < -0.39 is 35.3 Å². The summed E-state index contributed by atoms with van der Waals surface area (Å²) in [6.45, 7) is 8.61. The Hall–Kier alpha value is -3.86. The highest BCUT2D eigenvalue weighted by Gasteiger charge is 2.25. The van der Waals surface area contributed by atoms with E-state index in [1.807, 2.05) is 12.1 Å². The lowest BCUT2D eigenvalue weighted by atomic mass is 10.2. The molecule has 0 bridgehead atoms. The molecule has 2 aromatic carbocycles. The van der Waals surface area contributed by atoms with Crippen LogP contribution in [0.4, 0.5) is 34.8 Å². The molecule has 5 rings (SSSR count). The van der Waals surface area contributed by atoms with E-state index in [0.29, 0.717) is 11.4 Å². The van der Waals surface area contributed by atoms with Crippen LogP contribution in [0, 0.1) is 18.6 Å². The first-order valence-electron chi connectivity index (χ1n) is 12.0. The number of aromatic amines is 1. The molecule has 0 unspecified atom stereocenters. The van der Waals surface area contributed by atoms with Gasteiger partial charge in [-0.1, -0.05) is 6.92 Å². The van der Waals surface area contributed by atoms with Gasteiger partial charge in [0.2, 0.25) is 5.88 Å². The number of rotatable bonds is 7. The van der Waals surface area contributed by atoms with Crippen molar-refractivity contribution in [2.45, 2.75) is 20.3 Å². The van der Waals surface area contributed by atoms with Crippen molar-refractivity contribution >= 4 is 28.1 Å². The number of hydrogen-bond acceptors (Lipinski definition) is 6. The summed E-state index contributed by atoms with van der Waals surface area (Å²) in [6, 6.07) is 9.59. The molecule has 4 aromatic rings. The molecule has 1 fully saturated rings. The second-order valence-electron chi connectivity index (χ2n) is 8.85. The van der Waals surface area contributed by atoms with Gasteiger partial charge in [0.25, 0.3) is 6.43 Å². The number of piperazine rings is 1. The number of anilines is 3. The number of nitrogens with zero attached hydrogens (tertiary/aromatic N) is 4. The molecule has 3 heterocycles. The number of alkyl halides is 2. The predicted molar refractivity (Wildman–Crippen MR) is 134 cm³/mol.